The molecule has 0 unspecified atom stereocenters. The van der Waals surface area contributed by atoms with Crippen LogP contribution in [0, 0.1) is 6.92 Å². The van der Waals surface area contributed by atoms with Crippen LogP contribution in [-0.4, -0.2) is 15.3 Å². The molecule has 0 bridgehead atoms. The number of aromatic nitrogens is 2. The van der Waals surface area contributed by atoms with Crippen molar-refractivity contribution in [3.63, 3.8) is 0 Å². The highest BCUT2D eigenvalue weighted by atomic mass is 32.1. The third kappa shape index (κ3) is 3.76. The predicted octanol–water partition coefficient (Wildman–Crippen LogP) is 6.69. The summed E-state index contributed by atoms with van der Waals surface area (Å²) in [6.07, 6.45) is 2.10. The average Bonchev–Trinajstić information content (AvgIpc) is 3.25. The molecule has 6 heteroatoms. The Balaban J connectivity index is 1.64. The van der Waals surface area contributed by atoms with Crippen LogP contribution in [0.1, 0.15) is 34.3 Å². The van der Waals surface area contributed by atoms with Crippen LogP contribution < -0.4 is 10.9 Å². The molecule has 0 aliphatic heterocycles. The second-order valence-electron chi connectivity index (χ2n) is 8.81. The second kappa shape index (κ2) is 8.64. The largest absolute Gasteiger partial charge is 0.347 e. The summed E-state index contributed by atoms with van der Waals surface area (Å²) in [6.45, 7) is 2.02. The fourth-order valence-corrected chi connectivity index (χ4v) is 5.96. The molecule has 0 saturated heterocycles. The van der Waals surface area contributed by atoms with Crippen molar-refractivity contribution in [1.29, 1.82) is 0 Å². The first-order valence-corrected chi connectivity index (χ1v) is 12.5. The number of carbonyl (C=O) groups is 1. The molecule has 6 rings (SSSR count). The first-order valence-electron chi connectivity index (χ1n) is 11.7. The number of rotatable bonds is 4. The molecule has 5 nitrogen and oxygen atoms in total. The maximum absolute atomic E-state index is 13.8. The predicted molar refractivity (Wildman–Crippen MR) is 142 cm³/mol. The summed E-state index contributed by atoms with van der Waals surface area (Å²) in [5.41, 5.74) is 5.05. The standard InChI is InChI=1S/C29H23N3O2S/c1-18-14-16-20(17-15-18)32-27(31-23-12-6-5-10-21(23)29(32)34)26-22-11-7-13-24(33)25(22)28(35-26)30-19-8-3-2-4-9-19/h2-6,8-10,12,14-17,30H,7,11,13H2,1H3. The molecular weight excluding hydrogens is 454 g/mol. The fourth-order valence-electron chi connectivity index (χ4n) is 4.69. The first-order chi connectivity index (χ1) is 17.1. The lowest BCUT2D eigenvalue weighted by Gasteiger charge is -2.16. The summed E-state index contributed by atoms with van der Waals surface area (Å²) in [7, 11) is 0. The lowest BCUT2D eigenvalue weighted by atomic mass is 9.91. The summed E-state index contributed by atoms with van der Waals surface area (Å²) < 4.78 is 1.69. The summed E-state index contributed by atoms with van der Waals surface area (Å²) in [6, 6.07) is 25.2. The number of para-hydroxylation sites is 2. The van der Waals surface area contributed by atoms with Crippen molar-refractivity contribution in [2.24, 2.45) is 0 Å². The van der Waals surface area contributed by atoms with Crippen LogP contribution >= 0.6 is 11.3 Å². The van der Waals surface area contributed by atoms with Gasteiger partial charge in [-0.05, 0) is 61.7 Å². The molecule has 172 valence electrons. The van der Waals surface area contributed by atoms with Crippen LogP contribution in [0.4, 0.5) is 10.7 Å². The van der Waals surface area contributed by atoms with Crippen LogP contribution in [0.3, 0.4) is 0 Å². The number of nitrogens with zero attached hydrogens (tertiary/aromatic N) is 2. The number of thiophene rings is 1. The van der Waals surface area contributed by atoms with Gasteiger partial charge in [0.15, 0.2) is 11.6 Å². The zero-order valence-corrected chi connectivity index (χ0v) is 20.1. The first kappa shape index (κ1) is 21.5. The van der Waals surface area contributed by atoms with Crippen molar-refractivity contribution in [3.05, 3.63) is 106 Å². The van der Waals surface area contributed by atoms with E-state index >= 15 is 0 Å². The minimum absolute atomic E-state index is 0.115. The minimum atomic E-state index is -0.115. The topological polar surface area (TPSA) is 64.0 Å². The van der Waals surface area contributed by atoms with E-state index in [9.17, 15) is 9.59 Å². The van der Waals surface area contributed by atoms with Crippen LogP contribution in [0.25, 0.3) is 27.3 Å². The maximum atomic E-state index is 13.8. The summed E-state index contributed by atoms with van der Waals surface area (Å²) in [5, 5.41) is 4.83. The van der Waals surface area contributed by atoms with Crippen molar-refractivity contribution in [3.8, 4) is 16.4 Å². The molecule has 2 aromatic heterocycles. The van der Waals surface area contributed by atoms with Gasteiger partial charge in [-0.1, -0.05) is 48.0 Å². The number of hydrogen-bond acceptors (Lipinski definition) is 5. The Morgan fingerprint density at radius 2 is 1.63 bits per heavy atom. The van der Waals surface area contributed by atoms with E-state index in [0.717, 1.165) is 50.8 Å². The second-order valence-corrected chi connectivity index (χ2v) is 9.83. The maximum Gasteiger partial charge on any atom is 0.266 e. The van der Waals surface area contributed by atoms with Gasteiger partial charge in [0, 0.05) is 12.1 Å². The Hall–Kier alpha value is -4.03. The number of benzene rings is 3. The smallest absolute Gasteiger partial charge is 0.266 e. The van der Waals surface area contributed by atoms with Gasteiger partial charge < -0.3 is 5.32 Å². The van der Waals surface area contributed by atoms with Crippen LogP contribution in [0.2, 0.25) is 0 Å². The van der Waals surface area contributed by atoms with Gasteiger partial charge in [0.25, 0.3) is 5.56 Å². The molecular formula is C29H23N3O2S. The molecule has 0 saturated carbocycles. The van der Waals surface area contributed by atoms with E-state index in [1.54, 1.807) is 4.57 Å². The molecule has 0 fully saturated rings. The molecule has 1 N–H and O–H groups in total. The Kier molecular flexibility index (Phi) is 5.30. The number of aryl methyl sites for hydroxylation is 1. The van der Waals surface area contributed by atoms with Gasteiger partial charge in [0.1, 0.15) is 5.00 Å². The molecule has 1 aliphatic carbocycles. The lowest BCUT2D eigenvalue weighted by molar-refractivity contribution is 0.0974. The third-order valence-corrected chi connectivity index (χ3v) is 7.56. The van der Waals surface area contributed by atoms with Gasteiger partial charge in [-0.15, -0.1) is 11.3 Å². The molecule has 35 heavy (non-hydrogen) atoms. The van der Waals surface area contributed by atoms with Gasteiger partial charge in [0.2, 0.25) is 0 Å². The number of carbonyl (C=O) groups excluding carboxylic acids is 1. The number of anilines is 2. The monoisotopic (exact) mass is 477 g/mol. The van der Waals surface area contributed by atoms with Crippen molar-refractivity contribution in [2.75, 3.05) is 5.32 Å². The van der Waals surface area contributed by atoms with E-state index in [-0.39, 0.29) is 11.3 Å². The van der Waals surface area contributed by atoms with E-state index in [2.05, 4.69) is 5.32 Å². The van der Waals surface area contributed by atoms with Gasteiger partial charge in [-0.3, -0.25) is 14.2 Å². The molecule has 5 aromatic rings. The number of Topliss-reactive ketones (excluding diaryl/α,β-unsaturated/α-hetero) is 1. The highest BCUT2D eigenvalue weighted by Gasteiger charge is 2.30. The Morgan fingerprint density at radius 1 is 0.886 bits per heavy atom. The third-order valence-electron chi connectivity index (χ3n) is 6.42. The quantitative estimate of drug-likeness (QED) is 0.313. The number of nitrogens with one attached hydrogen (secondary N) is 1. The van der Waals surface area contributed by atoms with Gasteiger partial charge in [0.05, 0.1) is 27.0 Å². The normalized spacial score (nSPS) is 13.1. The molecule has 0 radical (unpaired) electrons. The molecule has 1 aliphatic rings. The Labute approximate surface area is 206 Å². The van der Waals surface area contributed by atoms with E-state index in [1.165, 1.54) is 11.3 Å². The van der Waals surface area contributed by atoms with Crippen molar-refractivity contribution in [2.45, 2.75) is 26.2 Å². The number of fused-ring (bicyclic) bond motifs is 2. The van der Waals surface area contributed by atoms with Gasteiger partial charge in [-0.25, -0.2) is 4.98 Å². The minimum Gasteiger partial charge on any atom is -0.347 e. The average molecular weight is 478 g/mol. The van der Waals surface area contributed by atoms with Crippen LogP contribution in [-0.2, 0) is 6.42 Å². The van der Waals surface area contributed by atoms with E-state index in [0.29, 0.717) is 23.1 Å². The molecule has 0 atom stereocenters. The fraction of sp³-hybridized carbons (Fsp3) is 0.138. The molecule has 0 amide bonds. The van der Waals surface area contributed by atoms with Crippen molar-refractivity contribution in [1.82, 2.24) is 9.55 Å². The van der Waals surface area contributed by atoms with E-state index in [1.807, 2.05) is 85.8 Å². The van der Waals surface area contributed by atoms with Crippen LogP contribution in [0.15, 0.2) is 83.7 Å². The highest BCUT2D eigenvalue weighted by Crippen LogP contribution is 2.44. The molecule has 2 heterocycles. The summed E-state index contributed by atoms with van der Waals surface area (Å²) in [4.78, 5) is 32.7. The molecule has 3 aromatic carbocycles. The van der Waals surface area contributed by atoms with E-state index < -0.39 is 0 Å². The summed E-state index contributed by atoms with van der Waals surface area (Å²) >= 11 is 1.50. The zero-order valence-electron chi connectivity index (χ0n) is 19.2. The van der Waals surface area contributed by atoms with Crippen LogP contribution in [0.5, 0.6) is 0 Å². The lowest BCUT2D eigenvalue weighted by Crippen LogP contribution is -2.22. The van der Waals surface area contributed by atoms with Gasteiger partial charge >= 0.3 is 0 Å². The van der Waals surface area contributed by atoms with Crippen molar-refractivity contribution >= 4 is 38.7 Å². The Morgan fingerprint density at radius 3 is 2.43 bits per heavy atom. The number of hydrogen-bond donors (Lipinski definition) is 1. The highest BCUT2D eigenvalue weighted by molar-refractivity contribution is 7.20. The van der Waals surface area contributed by atoms with Gasteiger partial charge in [-0.2, -0.15) is 0 Å². The van der Waals surface area contributed by atoms with Crippen molar-refractivity contribution < 1.29 is 4.79 Å². The number of ketones is 1. The zero-order chi connectivity index (χ0) is 23.9. The Bertz CT molecular complexity index is 1630. The SMILES string of the molecule is Cc1ccc(-n2c(-c3sc(Nc4ccccc4)c4c3CCCC4=O)nc3ccccc3c2=O)cc1. The summed E-state index contributed by atoms with van der Waals surface area (Å²) in [5.74, 6) is 0.715. The molecule has 0 spiro atoms. The van der Waals surface area contributed by atoms with E-state index in [4.69, 9.17) is 4.98 Å².